The summed E-state index contributed by atoms with van der Waals surface area (Å²) in [5, 5.41) is 0. The number of nitrogens with zero attached hydrogens (tertiary/aromatic N) is 6. The summed E-state index contributed by atoms with van der Waals surface area (Å²) in [5.74, 6) is 1.88. The van der Waals surface area contributed by atoms with Crippen molar-refractivity contribution in [1.29, 1.82) is 0 Å². The van der Waals surface area contributed by atoms with Gasteiger partial charge in [-0.3, -0.25) is 8.80 Å². The van der Waals surface area contributed by atoms with Gasteiger partial charge in [-0.15, -0.1) is 0 Å². The molecule has 0 aliphatic rings. The van der Waals surface area contributed by atoms with Crippen molar-refractivity contribution < 1.29 is 0 Å². The van der Waals surface area contributed by atoms with Crippen LogP contribution in [0.4, 0.5) is 0 Å². The summed E-state index contributed by atoms with van der Waals surface area (Å²) in [6, 6.07) is 14.7. The largest absolute Gasteiger partial charge is 0.320 e. The van der Waals surface area contributed by atoms with Gasteiger partial charge in [0.15, 0.2) is 0 Å². The van der Waals surface area contributed by atoms with Crippen LogP contribution in [0.5, 0.6) is 0 Å². The molecule has 0 radical (unpaired) electrons. The van der Waals surface area contributed by atoms with Crippen molar-refractivity contribution in [3.05, 3.63) is 61.1 Å². The fourth-order valence-electron chi connectivity index (χ4n) is 3.86. The van der Waals surface area contributed by atoms with Crippen LogP contribution in [0.3, 0.4) is 0 Å². The summed E-state index contributed by atoms with van der Waals surface area (Å²) in [6.07, 6.45) is 6.17. The Kier molecular flexibility index (Phi) is 2.40. The Balaban J connectivity index is 1.59. The summed E-state index contributed by atoms with van der Waals surface area (Å²) >= 11 is 0. The lowest BCUT2D eigenvalue weighted by Crippen LogP contribution is -1.88. The fraction of sp³-hybridized carbons (Fsp3) is 0.100. The highest BCUT2D eigenvalue weighted by Gasteiger charge is 2.14. The lowest BCUT2D eigenvalue weighted by Gasteiger charge is -1.98. The number of benzene rings is 2. The van der Waals surface area contributed by atoms with Gasteiger partial charge in [-0.05, 0) is 24.3 Å². The second-order valence-electron chi connectivity index (χ2n) is 6.74. The maximum Gasteiger partial charge on any atom is 0.215 e. The Morgan fingerprint density at radius 1 is 0.769 bits per heavy atom. The molecule has 0 spiro atoms. The Hall–Kier alpha value is -3.54. The third kappa shape index (κ3) is 1.61. The third-order valence-corrected chi connectivity index (χ3v) is 5.21. The zero-order valence-corrected chi connectivity index (χ0v) is 14.5. The molecule has 6 rings (SSSR count). The minimum Gasteiger partial charge on any atom is -0.320 e. The van der Waals surface area contributed by atoms with E-state index in [1.54, 1.807) is 0 Å². The van der Waals surface area contributed by atoms with Crippen molar-refractivity contribution in [2.24, 2.45) is 14.1 Å². The molecular formula is C20H16N6. The second kappa shape index (κ2) is 4.54. The average molecular weight is 340 g/mol. The average Bonchev–Trinajstić information content (AvgIpc) is 3.39. The summed E-state index contributed by atoms with van der Waals surface area (Å²) in [6.45, 7) is 0. The van der Waals surface area contributed by atoms with Crippen molar-refractivity contribution in [2.45, 2.75) is 0 Å². The van der Waals surface area contributed by atoms with Crippen LogP contribution >= 0.6 is 0 Å². The van der Waals surface area contributed by atoms with E-state index < -0.39 is 0 Å². The molecule has 26 heavy (non-hydrogen) atoms. The molecule has 2 aromatic carbocycles. The first kappa shape index (κ1) is 13.7. The van der Waals surface area contributed by atoms with Gasteiger partial charge in [0.2, 0.25) is 11.6 Å². The molecule has 6 aromatic rings. The van der Waals surface area contributed by atoms with Gasteiger partial charge >= 0.3 is 0 Å². The summed E-state index contributed by atoms with van der Waals surface area (Å²) in [7, 11) is 4.06. The first-order valence-electron chi connectivity index (χ1n) is 8.57. The number of fused-ring (bicyclic) bond motifs is 6. The lowest BCUT2D eigenvalue weighted by atomic mass is 10.1. The van der Waals surface area contributed by atoms with Gasteiger partial charge in [-0.2, -0.15) is 0 Å². The molecule has 6 nitrogen and oxygen atoms in total. The predicted molar refractivity (Wildman–Crippen MR) is 102 cm³/mol. The highest BCUT2D eigenvalue weighted by atomic mass is 15.2. The van der Waals surface area contributed by atoms with Gasteiger partial charge in [-0.25, -0.2) is 9.97 Å². The molecule has 0 atom stereocenters. The van der Waals surface area contributed by atoms with Gasteiger partial charge in [0.1, 0.15) is 0 Å². The van der Waals surface area contributed by atoms with E-state index in [9.17, 15) is 0 Å². The predicted octanol–water partition coefficient (Wildman–Crippen LogP) is 3.63. The Morgan fingerprint density at radius 2 is 1.62 bits per heavy atom. The maximum atomic E-state index is 4.87. The van der Waals surface area contributed by atoms with E-state index in [4.69, 9.17) is 9.97 Å². The molecule has 0 fully saturated rings. The normalized spacial score (nSPS) is 12.2. The van der Waals surface area contributed by atoms with E-state index in [-0.39, 0.29) is 0 Å². The van der Waals surface area contributed by atoms with Gasteiger partial charge in [-0.1, -0.05) is 18.2 Å². The monoisotopic (exact) mass is 340 g/mol. The quantitative estimate of drug-likeness (QED) is 0.459. The zero-order valence-electron chi connectivity index (χ0n) is 14.5. The van der Waals surface area contributed by atoms with Gasteiger partial charge in [0.05, 0.1) is 27.8 Å². The molecule has 6 heteroatoms. The molecule has 0 bridgehead atoms. The Bertz CT molecular complexity index is 1460. The standard InChI is InChI=1S/C20H16N6/c1-23-9-10-25-16-8-7-13(11-14(16)21-19(23)25)15-12-26-18-6-4-3-5-17(18)24(2)20(26)22-15/h3-12H,1-2H3. The van der Waals surface area contributed by atoms with Gasteiger partial charge < -0.3 is 9.13 Å². The van der Waals surface area contributed by atoms with Crippen LogP contribution < -0.4 is 0 Å². The van der Waals surface area contributed by atoms with Crippen molar-refractivity contribution in [3.8, 4) is 11.3 Å². The lowest BCUT2D eigenvalue weighted by molar-refractivity contribution is 0.940. The molecule has 0 unspecified atom stereocenters. The zero-order chi connectivity index (χ0) is 17.4. The Morgan fingerprint density at radius 3 is 2.50 bits per heavy atom. The minimum atomic E-state index is 0.941. The van der Waals surface area contributed by atoms with Crippen LogP contribution in [0.25, 0.3) is 44.9 Å². The third-order valence-electron chi connectivity index (χ3n) is 5.21. The molecule has 0 saturated carbocycles. The topological polar surface area (TPSA) is 44.5 Å². The summed E-state index contributed by atoms with van der Waals surface area (Å²) in [5.41, 5.74) is 6.47. The van der Waals surface area contributed by atoms with Crippen LogP contribution in [-0.4, -0.2) is 27.9 Å². The van der Waals surface area contributed by atoms with Crippen molar-refractivity contribution in [2.75, 3.05) is 0 Å². The molecule has 0 amide bonds. The molecule has 4 aromatic heterocycles. The van der Waals surface area contributed by atoms with Crippen molar-refractivity contribution >= 4 is 33.6 Å². The van der Waals surface area contributed by atoms with Gasteiger partial charge in [0, 0.05) is 38.2 Å². The fourth-order valence-corrected chi connectivity index (χ4v) is 3.86. The second-order valence-corrected chi connectivity index (χ2v) is 6.74. The molecule has 4 heterocycles. The first-order valence-corrected chi connectivity index (χ1v) is 8.57. The van der Waals surface area contributed by atoms with Crippen LogP contribution in [0, 0.1) is 0 Å². The van der Waals surface area contributed by atoms with Crippen LogP contribution in [-0.2, 0) is 14.1 Å². The molecule has 0 N–H and O–H groups in total. The Labute approximate surface area is 148 Å². The number of aromatic nitrogens is 6. The maximum absolute atomic E-state index is 4.87. The van der Waals surface area contributed by atoms with Crippen LogP contribution in [0.2, 0.25) is 0 Å². The van der Waals surface area contributed by atoms with E-state index in [0.717, 1.165) is 39.4 Å². The van der Waals surface area contributed by atoms with E-state index >= 15 is 0 Å². The molecule has 126 valence electrons. The van der Waals surface area contributed by atoms with Crippen LogP contribution in [0.15, 0.2) is 61.1 Å². The van der Waals surface area contributed by atoms with Crippen molar-refractivity contribution in [1.82, 2.24) is 27.9 Å². The van der Waals surface area contributed by atoms with E-state index in [1.807, 2.05) is 24.0 Å². The first-order chi connectivity index (χ1) is 12.7. The minimum absolute atomic E-state index is 0.941. The highest BCUT2D eigenvalue weighted by molar-refractivity contribution is 5.86. The van der Waals surface area contributed by atoms with Crippen molar-refractivity contribution in [3.63, 3.8) is 0 Å². The van der Waals surface area contributed by atoms with Crippen LogP contribution in [0.1, 0.15) is 0 Å². The van der Waals surface area contributed by atoms with E-state index in [1.165, 1.54) is 5.52 Å². The SMILES string of the molecule is Cn1ccn2c3ccc(-c4cn5c6ccccc6n(C)c5n4)cc3nc12. The summed E-state index contributed by atoms with van der Waals surface area (Å²) < 4.78 is 8.41. The van der Waals surface area contributed by atoms with E-state index in [0.29, 0.717) is 0 Å². The van der Waals surface area contributed by atoms with Gasteiger partial charge in [0.25, 0.3) is 0 Å². The molecular weight excluding hydrogens is 324 g/mol. The number of rotatable bonds is 1. The number of hydrogen-bond acceptors (Lipinski definition) is 2. The molecule has 0 aliphatic heterocycles. The smallest absolute Gasteiger partial charge is 0.215 e. The number of hydrogen-bond donors (Lipinski definition) is 0. The van der Waals surface area contributed by atoms with E-state index in [2.05, 4.69) is 69.1 Å². The number of aryl methyl sites for hydroxylation is 2. The number of para-hydroxylation sites is 2. The highest BCUT2D eigenvalue weighted by Crippen LogP contribution is 2.27. The molecule has 0 aliphatic carbocycles. The molecule has 0 saturated heterocycles. The summed E-state index contributed by atoms with van der Waals surface area (Å²) in [4.78, 5) is 9.63. The number of imidazole rings is 4.